The summed E-state index contributed by atoms with van der Waals surface area (Å²) < 4.78 is 0.616. The number of carboxylic acid groups (broad SMARTS) is 1. The Kier molecular flexibility index (Phi) is 2.87. The van der Waals surface area contributed by atoms with Crippen LogP contribution >= 0.6 is 0 Å². The van der Waals surface area contributed by atoms with Crippen LogP contribution in [0.5, 0.6) is 0 Å². The van der Waals surface area contributed by atoms with E-state index in [9.17, 15) is 10.0 Å². The zero-order valence-electron chi connectivity index (χ0n) is 6.73. The molecule has 0 saturated heterocycles. The minimum absolute atomic E-state index is 0.215. The van der Waals surface area contributed by atoms with Gasteiger partial charge in [-0.15, -0.1) is 0 Å². The van der Waals surface area contributed by atoms with Crippen molar-refractivity contribution in [3.8, 4) is 11.8 Å². The molecule has 4 heteroatoms. The summed E-state index contributed by atoms with van der Waals surface area (Å²) in [6.45, 7) is 0. The van der Waals surface area contributed by atoms with Gasteiger partial charge in [0.15, 0.2) is 12.4 Å². The van der Waals surface area contributed by atoms with Gasteiger partial charge in [0.25, 0.3) is 0 Å². The van der Waals surface area contributed by atoms with Crippen LogP contribution in [0.4, 0.5) is 0 Å². The van der Waals surface area contributed by atoms with Crippen molar-refractivity contribution in [2.75, 3.05) is 0 Å². The Morgan fingerprint density at radius 1 is 1.69 bits per heavy atom. The Morgan fingerprint density at radius 2 is 2.46 bits per heavy atom. The summed E-state index contributed by atoms with van der Waals surface area (Å²) >= 11 is 0. The molecule has 0 amide bonds. The molecule has 1 heterocycles. The van der Waals surface area contributed by atoms with Gasteiger partial charge in [-0.25, -0.2) is 0 Å². The van der Waals surface area contributed by atoms with Crippen molar-refractivity contribution in [2.24, 2.45) is 0 Å². The van der Waals surface area contributed by atoms with E-state index >= 15 is 0 Å². The van der Waals surface area contributed by atoms with Crippen LogP contribution in [-0.4, -0.2) is 11.1 Å². The number of carbonyl (C=O) groups is 1. The first kappa shape index (κ1) is 9.07. The molecule has 1 N–H and O–H groups in total. The lowest BCUT2D eigenvalue weighted by molar-refractivity contribution is -0.605. The maximum atomic E-state index is 10.7. The van der Waals surface area contributed by atoms with Gasteiger partial charge in [-0.3, -0.25) is 4.79 Å². The maximum absolute atomic E-state index is 10.7. The minimum Gasteiger partial charge on any atom is -0.619 e. The second-order valence-electron chi connectivity index (χ2n) is 2.32. The van der Waals surface area contributed by atoms with Crippen molar-refractivity contribution < 1.29 is 14.6 Å². The lowest BCUT2D eigenvalue weighted by Crippen LogP contribution is -2.24. The van der Waals surface area contributed by atoms with E-state index in [2.05, 4.69) is 11.8 Å². The lowest BCUT2D eigenvalue weighted by Gasteiger charge is -1.92. The van der Waals surface area contributed by atoms with Crippen LogP contribution in [0.1, 0.15) is 12.0 Å². The Balaban J connectivity index is 2.72. The van der Waals surface area contributed by atoms with Gasteiger partial charge >= 0.3 is 5.97 Å². The van der Waals surface area contributed by atoms with E-state index in [1.165, 1.54) is 12.4 Å². The number of hydrogen-bond donors (Lipinski definition) is 1. The molecule has 0 fully saturated rings. The largest absolute Gasteiger partial charge is 0.619 e. The summed E-state index contributed by atoms with van der Waals surface area (Å²) in [6, 6.07) is 3.20. The van der Waals surface area contributed by atoms with E-state index in [0.29, 0.717) is 10.3 Å². The van der Waals surface area contributed by atoms with Crippen LogP contribution in [0.2, 0.25) is 0 Å². The van der Waals surface area contributed by atoms with Gasteiger partial charge in [0.05, 0.1) is 5.56 Å². The zero-order chi connectivity index (χ0) is 9.68. The predicted octanol–water partition coefficient (Wildman–Crippen LogP) is 0.146. The Morgan fingerprint density at radius 3 is 3.08 bits per heavy atom. The molecule has 1 rings (SSSR count). The molecule has 0 atom stereocenters. The summed E-state index contributed by atoms with van der Waals surface area (Å²) in [6.07, 6.45) is 2.41. The Hall–Kier alpha value is -2.02. The predicted molar refractivity (Wildman–Crippen MR) is 44.5 cm³/mol. The van der Waals surface area contributed by atoms with Crippen molar-refractivity contribution in [1.29, 1.82) is 0 Å². The summed E-state index contributed by atoms with van der Waals surface area (Å²) in [5.74, 6) is 4.02. The number of rotatable bonds is 1. The molecule has 1 aromatic rings. The second kappa shape index (κ2) is 4.12. The van der Waals surface area contributed by atoms with E-state index in [1.54, 1.807) is 12.1 Å². The van der Waals surface area contributed by atoms with Crippen LogP contribution in [0.3, 0.4) is 0 Å². The molecule has 0 spiro atoms. The molecule has 66 valence electrons. The summed E-state index contributed by atoms with van der Waals surface area (Å²) in [5.41, 5.74) is 0.513. The molecule has 1 aromatic heterocycles. The molecule has 0 unspecified atom stereocenters. The Labute approximate surface area is 75.0 Å². The fourth-order valence-corrected chi connectivity index (χ4v) is 0.750. The van der Waals surface area contributed by atoms with Gasteiger partial charge in [-0.1, -0.05) is 11.8 Å². The first-order valence-corrected chi connectivity index (χ1v) is 3.58. The molecule has 4 nitrogen and oxygen atoms in total. The van der Waals surface area contributed by atoms with E-state index < -0.39 is 5.97 Å². The van der Waals surface area contributed by atoms with Gasteiger partial charge in [0.1, 0.15) is 6.42 Å². The summed E-state index contributed by atoms with van der Waals surface area (Å²) in [4.78, 5) is 10.1. The maximum Gasteiger partial charge on any atom is 0.315 e. The van der Waals surface area contributed by atoms with Crippen LogP contribution in [0.25, 0.3) is 0 Å². The standard InChI is InChI=1S/C9H7NO3/c11-9(12)5-1-3-8-4-2-6-10(13)7-8/h2,4,6-7H,5H2,(H,11,12). The lowest BCUT2D eigenvalue weighted by atomic mass is 10.3. The average molecular weight is 177 g/mol. The monoisotopic (exact) mass is 177 g/mol. The number of nitrogens with zero attached hydrogens (tertiary/aromatic N) is 1. The number of aliphatic carboxylic acids is 1. The minimum atomic E-state index is -0.974. The molecule has 0 saturated carbocycles. The number of hydrogen-bond acceptors (Lipinski definition) is 2. The summed E-state index contributed by atoms with van der Waals surface area (Å²) in [5, 5.41) is 19.0. The van der Waals surface area contributed by atoms with E-state index in [0.717, 1.165) is 0 Å². The molecule has 0 aromatic carbocycles. The number of pyridine rings is 1. The molecular formula is C9H7NO3. The highest BCUT2D eigenvalue weighted by Gasteiger charge is 1.92. The highest BCUT2D eigenvalue weighted by Crippen LogP contribution is 1.90. The molecule has 0 bridgehead atoms. The third-order valence-electron chi connectivity index (χ3n) is 1.25. The second-order valence-corrected chi connectivity index (χ2v) is 2.32. The fraction of sp³-hybridized carbons (Fsp3) is 0.111. The van der Waals surface area contributed by atoms with Crippen LogP contribution in [0, 0.1) is 17.0 Å². The third-order valence-corrected chi connectivity index (χ3v) is 1.25. The van der Waals surface area contributed by atoms with Crippen LogP contribution in [-0.2, 0) is 4.79 Å². The number of aromatic nitrogens is 1. The normalized spacial score (nSPS) is 8.62. The smallest absolute Gasteiger partial charge is 0.315 e. The Bertz CT molecular complexity index is 376. The molecule has 0 aliphatic heterocycles. The highest BCUT2D eigenvalue weighted by molar-refractivity contribution is 5.70. The van der Waals surface area contributed by atoms with E-state index in [4.69, 9.17) is 5.11 Å². The van der Waals surface area contributed by atoms with Crippen LogP contribution in [0.15, 0.2) is 24.5 Å². The molecule has 13 heavy (non-hydrogen) atoms. The molecule has 0 aliphatic carbocycles. The third kappa shape index (κ3) is 3.25. The molecule has 0 radical (unpaired) electrons. The van der Waals surface area contributed by atoms with Gasteiger partial charge in [-0.2, -0.15) is 4.73 Å². The molecule has 0 aliphatic rings. The van der Waals surface area contributed by atoms with Crippen molar-refractivity contribution in [3.63, 3.8) is 0 Å². The van der Waals surface area contributed by atoms with Crippen molar-refractivity contribution >= 4 is 5.97 Å². The van der Waals surface area contributed by atoms with Gasteiger partial charge in [-0.05, 0) is 6.07 Å². The first-order chi connectivity index (χ1) is 6.18. The SMILES string of the molecule is O=C(O)CC#Cc1ccc[n+]([O-])c1. The van der Waals surface area contributed by atoms with E-state index in [1.807, 2.05) is 0 Å². The molecular weight excluding hydrogens is 170 g/mol. The number of carboxylic acids is 1. The van der Waals surface area contributed by atoms with Crippen LogP contribution < -0.4 is 4.73 Å². The van der Waals surface area contributed by atoms with Crippen molar-refractivity contribution in [3.05, 3.63) is 35.3 Å². The fourth-order valence-electron chi connectivity index (χ4n) is 0.750. The van der Waals surface area contributed by atoms with Gasteiger partial charge in [0.2, 0.25) is 0 Å². The van der Waals surface area contributed by atoms with Crippen molar-refractivity contribution in [1.82, 2.24) is 0 Å². The quantitative estimate of drug-likeness (QED) is 0.377. The van der Waals surface area contributed by atoms with E-state index in [-0.39, 0.29) is 6.42 Å². The van der Waals surface area contributed by atoms with Crippen molar-refractivity contribution in [2.45, 2.75) is 6.42 Å². The highest BCUT2D eigenvalue weighted by atomic mass is 16.5. The van der Waals surface area contributed by atoms with Gasteiger partial charge < -0.3 is 10.3 Å². The average Bonchev–Trinajstić information content (AvgIpc) is 2.03. The summed E-state index contributed by atoms with van der Waals surface area (Å²) in [7, 11) is 0. The van der Waals surface area contributed by atoms with Gasteiger partial charge in [0, 0.05) is 6.07 Å². The first-order valence-electron chi connectivity index (χ1n) is 3.58. The topological polar surface area (TPSA) is 64.2 Å². The zero-order valence-corrected chi connectivity index (χ0v) is 6.73.